The van der Waals surface area contributed by atoms with Gasteiger partial charge in [-0.05, 0) is 45.6 Å². The van der Waals surface area contributed by atoms with Crippen LogP contribution < -0.4 is 4.74 Å². The maximum atomic E-state index is 12.0. The monoisotopic (exact) mass is 394 g/mol. The quantitative estimate of drug-likeness (QED) is 0.443. The highest BCUT2D eigenvalue weighted by molar-refractivity contribution is 9.10. The van der Waals surface area contributed by atoms with E-state index in [0.717, 1.165) is 15.2 Å². The third kappa shape index (κ3) is 2.51. The number of hydrogen-bond acceptors (Lipinski definition) is 3. The van der Waals surface area contributed by atoms with Crippen molar-refractivity contribution in [2.75, 3.05) is 0 Å². The predicted molar refractivity (Wildman–Crippen MR) is 83.0 cm³/mol. The van der Waals surface area contributed by atoms with Crippen molar-refractivity contribution in [1.29, 1.82) is 0 Å². The zero-order valence-corrected chi connectivity index (χ0v) is 13.3. The highest BCUT2D eigenvalue weighted by Crippen LogP contribution is 2.32. The Hall–Kier alpha value is -1.59. The van der Waals surface area contributed by atoms with Crippen molar-refractivity contribution in [2.45, 2.75) is 0 Å². The number of halogens is 2. The Morgan fingerprint density at radius 1 is 0.950 bits per heavy atom. The Balaban J connectivity index is 1.99. The standard InChI is InChI=1S/C15H8Br2O3/c16-11-5-6-12(10-4-2-1-3-9(10)11)20-15(18)13-7-8-14(17)19-13/h1-8H. The topological polar surface area (TPSA) is 39.4 Å². The molecule has 3 rings (SSSR count). The number of hydrogen-bond donors (Lipinski definition) is 0. The minimum Gasteiger partial charge on any atom is -0.442 e. The third-order valence-electron chi connectivity index (χ3n) is 2.81. The van der Waals surface area contributed by atoms with Gasteiger partial charge in [0.1, 0.15) is 5.75 Å². The Morgan fingerprint density at radius 3 is 2.40 bits per heavy atom. The molecule has 0 aliphatic rings. The first-order valence-electron chi connectivity index (χ1n) is 5.80. The second-order valence-corrected chi connectivity index (χ2v) is 5.72. The summed E-state index contributed by atoms with van der Waals surface area (Å²) in [5, 5.41) is 1.85. The first-order chi connectivity index (χ1) is 9.65. The van der Waals surface area contributed by atoms with Crippen LogP contribution in [0.25, 0.3) is 10.8 Å². The van der Waals surface area contributed by atoms with Gasteiger partial charge in [0.2, 0.25) is 5.76 Å². The first kappa shape index (κ1) is 13.4. The van der Waals surface area contributed by atoms with E-state index in [1.165, 1.54) is 0 Å². The molecule has 2 aromatic carbocycles. The SMILES string of the molecule is O=C(Oc1ccc(Br)c2ccccc12)c1ccc(Br)o1. The summed E-state index contributed by atoms with van der Waals surface area (Å²) < 4.78 is 12.0. The van der Waals surface area contributed by atoms with Crippen molar-refractivity contribution in [2.24, 2.45) is 0 Å². The molecule has 0 spiro atoms. The van der Waals surface area contributed by atoms with Crippen LogP contribution in [0.1, 0.15) is 10.6 Å². The van der Waals surface area contributed by atoms with Gasteiger partial charge in [0.15, 0.2) is 4.67 Å². The van der Waals surface area contributed by atoms with E-state index in [9.17, 15) is 4.79 Å². The van der Waals surface area contributed by atoms with Crippen molar-refractivity contribution in [3.63, 3.8) is 0 Å². The first-order valence-corrected chi connectivity index (χ1v) is 7.38. The zero-order chi connectivity index (χ0) is 14.1. The Labute approximate surface area is 131 Å². The molecule has 0 amide bonds. The van der Waals surface area contributed by atoms with Gasteiger partial charge in [-0.2, -0.15) is 0 Å². The molecular formula is C15H8Br2O3. The number of carbonyl (C=O) groups is 1. The maximum absolute atomic E-state index is 12.0. The predicted octanol–water partition coefficient (Wildman–Crippen LogP) is 5.18. The van der Waals surface area contributed by atoms with E-state index in [-0.39, 0.29) is 5.76 Å². The van der Waals surface area contributed by atoms with Crippen molar-refractivity contribution in [3.8, 4) is 5.75 Å². The van der Waals surface area contributed by atoms with Gasteiger partial charge in [-0.3, -0.25) is 0 Å². The molecule has 0 atom stereocenters. The zero-order valence-electron chi connectivity index (χ0n) is 10.1. The van der Waals surface area contributed by atoms with E-state index >= 15 is 0 Å². The number of carbonyl (C=O) groups excluding carboxylic acids is 1. The Morgan fingerprint density at radius 2 is 1.70 bits per heavy atom. The van der Waals surface area contributed by atoms with Crippen molar-refractivity contribution in [3.05, 3.63) is 63.4 Å². The molecule has 5 heteroatoms. The molecule has 1 heterocycles. The largest absolute Gasteiger partial charge is 0.442 e. The number of fused-ring (bicyclic) bond motifs is 1. The van der Waals surface area contributed by atoms with Crippen LogP contribution in [0.5, 0.6) is 5.75 Å². The van der Waals surface area contributed by atoms with E-state index in [4.69, 9.17) is 9.15 Å². The van der Waals surface area contributed by atoms with Gasteiger partial charge in [-0.15, -0.1) is 0 Å². The minimum atomic E-state index is -0.525. The van der Waals surface area contributed by atoms with Crippen LogP contribution >= 0.6 is 31.9 Å². The fraction of sp³-hybridized carbons (Fsp3) is 0. The van der Waals surface area contributed by atoms with Gasteiger partial charge in [-0.25, -0.2) is 4.79 Å². The molecule has 1 aromatic heterocycles. The lowest BCUT2D eigenvalue weighted by Crippen LogP contribution is -2.07. The third-order valence-corrected chi connectivity index (χ3v) is 3.93. The molecule has 0 N–H and O–H groups in total. The molecule has 20 heavy (non-hydrogen) atoms. The Kier molecular flexibility index (Phi) is 3.63. The maximum Gasteiger partial charge on any atom is 0.379 e. The fourth-order valence-corrected chi connectivity index (χ4v) is 2.68. The van der Waals surface area contributed by atoms with Crippen LogP contribution in [-0.4, -0.2) is 5.97 Å². The van der Waals surface area contributed by atoms with Crippen LogP contribution in [0.4, 0.5) is 0 Å². The van der Waals surface area contributed by atoms with Crippen molar-refractivity contribution in [1.82, 2.24) is 0 Å². The number of ether oxygens (including phenoxy) is 1. The summed E-state index contributed by atoms with van der Waals surface area (Å²) in [4.78, 5) is 12.0. The average molecular weight is 396 g/mol. The molecule has 0 saturated heterocycles. The smallest absolute Gasteiger partial charge is 0.379 e. The molecule has 0 fully saturated rings. The summed E-state index contributed by atoms with van der Waals surface area (Å²) in [5.41, 5.74) is 0. The molecule has 3 aromatic rings. The summed E-state index contributed by atoms with van der Waals surface area (Å²) in [6.07, 6.45) is 0. The number of furan rings is 1. The summed E-state index contributed by atoms with van der Waals surface area (Å²) in [6.45, 7) is 0. The van der Waals surface area contributed by atoms with Crippen LogP contribution in [-0.2, 0) is 0 Å². The lowest BCUT2D eigenvalue weighted by molar-refractivity contribution is 0.0702. The normalized spacial score (nSPS) is 10.7. The van der Waals surface area contributed by atoms with Crippen LogP contribution in [0.3, 0.4) is 0 Å². The molecule has 0 saturated carbocycles. The number of rotatable bonds is 2. The summed E-state index contributed by atoms with van der Waals surface area (Å²) >= 11 is 6.63. The van der Waals surface area contributed by atoms with Crippen LogP contribution in [0.15, 0.2) is 62.1 Å². The van der Waals surface area contributed by atoms with E-state index in [1.807, 2.05) is 30.3 Å². The molecule has 100 valence electrons. The van der Waals surface area contributed by atoms with Crippen LogP contribution in [0, 0.1) is 0 Å². The summed E-state index contributed by atoms with van der Waals surface area (Å²) in [5.74, 6) is 0.133. The molecule has 3 nitrogen and oxygen atoms in total. The highest BCUT2D eigenvalue weighted by atomic mass is 79.9. The van der Waals surface area contributed by atoms with Gasteiger partial charge >= 0.3 is 5.97 Å². The minimum absolute atomic E-state index is 0.156. The molecule has 0 radical (unpaired) electrons. The number of benzene rings is 2. The van der Waals surface area contributed by atoms with Crippen LogP contribution in [0.2, 0.25) is 0 Å². The van der Waals surface area contributed by atoms with E-state index in [1.54, 1.807) is 18.2 Å². The molecule has 0 bridgehead atoms. The lowest BCUT2D eigenvalue weighted by atomic mass is 10.1. The van der Waals surface area contributed by atoms with Gasteiger partial charge in [0.25, 0.3) is 0 Å². The highest BCUT2D eigenvalue weighted by Gasteiger charge is 2.15. The van der Waals surface area contributed by atoms with Crippen molar-refractivity contribution < 1.29 is 13.9 Å². The second kappa shape index (κ2) is 5.42. The van der Waals surface area contributed by atoms with Gasteiger partial charge in [0, 0.05) is 9.86 Å². The van der Waals surface area contributed by atoms with E-state index in [0.29, 0.717) is 10.4 Å². The fourth-order valence-electron chi connectivity index (χ4n) is 1.90. The molecular weight excluding hydrogens is 388 g/mol. The van der Waals surface area contributed by atoms with Crippen molar-refractivity contribution >= 4 is 48.6 Å². The van der Waals surface area contributed by atoms with Gasteiger partial charge in [-0.1, -0.05) is 40.2 Å². The van der Waals surface area contributed by atoms with E-state index in [2.05, 4.69) is 31.9 Å². The lowest BCUT2D eigenvalue weighted by Gasteiger charge is -2.07. The second-order valence-electron chi connectivity index (χ2n) is 4.08. The molecule has 0 aliphatic heterocycles. The number of esters is 1. The molecule has 0 unspecified atom stereocenters. The van der Waals surface area contributed by atoms with Gasteiger partial charge in [0.05, 0.1) is 0 Å². The average Bonchev–Trinajstić information content (AvgIpc) is 2.89. The summed E-state index contributed by atoms with van der Waals surface area (Å²) in [7, 11) is 0. The Bertz CT molecular complexity index is 793. The van der Waals surface area contributed by atoms with E-state index < -0.39 is 5.97 Å². The van der Waals surface area contributed by atoms with Gasteiger partial charge < -0.3 is 9.15 Å². The summed E-state index contributed by atoms with van der Waals surface area (Å²) in [6, 6.07) is 14.5. The molecule has 0 aliphatic carbocycles.